The summed E-state index contributed by atoms with van der Waals surface area (Å²) in [6, 6.07) is 24.4. The first-order valence-electron chi connectivity index (χ1n) is 10.1. The van der Waals surface area contributed by atoms with Crippen LogP contribution in [0.3, 0.4) is 0 Å². The lowest BCUT2D eigenvalue weighted by atomic mass is 9.94. The highest BCUT2D eigenvalue weighted by atomic mass is 14.2. The molecule has 0 aliphatic heterocycles. The first-order chi connectivity index (χ1) is 13.8. The van der Waals surface area contributed by atoms with Gasteiger partial charge in [0.05, 0.1) is 0 Å². The largest absolute Gasteiger partial charge is 0.0985 e. The average molecular weight is 361 g/mol. The smallest absolute Gasteiger partial charge is 0.00851 e. The van der Waals surface area contributed by atoms with Crippen molar-refractivity contribution in [1.82, 2.24) is 0 Å². The van der Waals surface area contributed by atoms with Crippen LogP contribution >= 0.6 is 0 Å². The summed E-state index contributed by atoms with van der Waals surface area (Å²) in [4.78, 5) is 0. The minimum absolute atomic E-state index is 1.05. The third-order valence-electron chi connectivity index (χ3n) is 6.09. The molecule has 0 bridgehead atoms. The van der Waals surface area contributed by atoms with Crippen molar-refractivity contribution in [3.8, 4) is 11.1 Å². The van der Waals surface area contributed by atoms with Crippen LogP contribution in [0.2, 0.25) is 0 Å². The van der Waals surface area contributed by atoms with E-state index in [4.69, 9.17) is 0 Å². The van der Waals surface area contributed by atoms with Crippen molar-refractivity contribution in [2.24, 2.45) is 0 Å². The molecule has 0 unspecified atom stereocenters. The van der Waals surface area contributed by atoms with E-state index in [-0.39, 0.29) is 0 Å². The van der Waals surface area contributed by atoms with Crippen LogP contribution in [0.4, 0.5) is 0 Å². The van der Waals surface area contributed by atoms with E-state index in [1.54, 1.807) is 0 Å². The van der Waals surface area contributed by atoms with E-state index < -0.39 is 0 Å². The van der Waals surface area contributed by atoms with Gasteiger partial charge in [-0.1, -0.05) is 91.5 Å². The van der Waals surface area contributed by atoms with Crippen molar-refractivity contribution in [1.29, 1.82) is 0 Å². The summed E-state index contributed by atoms with van der Waals surface area (Å²) in [6.07, 6.45) is 11.1. The highest BCUT2D eigenvalue weighted by Gasteiger charge is 2.17. The predicted molar refractivity (Wildman–Crippen MR) is 121 cm³/mol. The van der Waals surface area contributed by atoms with Gasteiger partial charge in [-0.2, -0.15) is 0 Å². The van der Waals surface area contributed by atoms with Gasteiger partial charge in [0.25, 0.3) is 0 Å². The van der Waals surface area contributed by atoms with Gasteiger partial charge in [0.2, 0.25) is 0 Å². The lowest BCUT2D eigenvalue weighted by Gasteiger charge is -2.10. The number of hydrogen-bond acceptors (Lipinski definition) is 0. The van der Waals surface area contributed by atoms with E-state index in [9.17, 15) is 0 Å². The standard InChI is InChI=1S/C28H24/c1-2-20-7-9-21(10-8-20)25-17-18-28-24(15-16-26(28)19-25)14-13-23-12-11-22-5-3-4-6-27(22)23/h2-10,12,15,17-19H,1,11,13-14,16H2. The molecule has 2 aliphatic rings. The lowest BCUT2D eigenvalue weighted by molar-refractivity contribution is 1.09. The van der Waals surface area contributed by atoms with Gasteiger partial charge < -0.3 is 0 Å². The topological polar surface area (TPSA) is 0 Å². The number of benzene rings is 3. The summed E-state index contributed by atoms with van der Waals surface area (Å²) < 4.78 is 0. The van der Waals surface area contributed by atoms with Gasteiger partial charge in [0.1, 0.15) is 0 Å². The molecule has 3 aromatic rings. The van der Waals surface area contributed by atoms with E-state index in [1.165, 1.54) is 44.5 Å². The van der Waals surface area contributed by atoms with Crippen LogP contribution in [0.25, 0.3) is 28.3 Å². The molecule has 5 rings (SSSR count). The normalized spacial score (nSPS) is 14.3. The second-order valence-corrected chi connectivity index (χ2v) is 7.72. The van der Waals surface area contributed by atoms with Crippen molar-refractivity contribution in [2.45, 2.75) is 25.7 Å². The Kier molecular flexibility index (Phi) is 4.33. The molecular weight excluding hydrogens is 336 g/mol. The van der Waals surface area contributed by atoms with Crippen molar-refractivity contribution in [3.63, 3.8) is 0 Å². The van der Waals surface area contributed by atoms with E-state index in [0.29, 0.717) is 0 Å². The predicted octanol–water partition coefficient (Wildman–Crippen LogP) is 7.36. The highest BCUT2D eigenvalue weighted by molar-refractivity contribution is 5.79. The first-order valence-corrected chi connectivity index (χ1v) is 10.1. The van der Waals surface area contributed by atoms with Crippen molar-refractivity contribution in [3.05, 3.63) is 113 Å². The summed E-state index contributed by atoms with van der Waals surface area (Å²) in [5, 5.41) is 0. The van der Waals surface area contributed by atoms with Gasteiger partial charge in [-0.05, 0) is 75.8 Å². The van der Waals surface area contributed by atoms with E-state index in [0.717, 1.165) is 31.2 Å². The number of hydrogen-bond donors (Lipinski definition) is 0. The zero-order valence-electron chi connectivity index (χ0n) is 16.1. The number of fused-ring (bicyclic) bond motifs is 2. The summed E-state index contributed by atoms with van der Waals surface area (Å²) in [7, 11) is 0. The van der Waals surface area contributed by atoms with Gasteiger partial charge in [-0.3, -0.25) is 0 Å². The molecule has 0 saturated heterocycles. The molecule has 0 radical (unpaired) electrons. The molecule has 0 aromatic heterocycles. The van der Waals surface area contributed by atoms with Crippen LogP contribution in [0.1, 0.15) is 40.7 Å². The van der Waals surface area contributed by atoms with Crippen molar-refractivity contribution >= 4 is 17.2 Å². The number of rotatable bonds is 5. The van der Waals surface area contributed by atoms with E-state index in [2.05, 4.69) is 85.5 Å². The zero-order valence-corrected chi connectivity index (χ0v) is 16.1. The SMILES string of the molecule is C=Cc1ccc(-c2ccc3c(c2)CC=C3CCC2=CCc3ccccc32)cc1. The van der Waals surface area contributed by atoms with E-state index in [1.807, 2.05) is 6.08 Å². The fraction of sp³-hybridized carbons (Fsp3) is 0.143. The minimum atomic E-state index is 1.05. The fourth-order valence-electron chi connectivity index (χ4n) is 4.51. The molecule has 2 aliphatic carbocycles. The molecular formula is C28H24. The molecule has 0 amide bonds. The summed E-state index contributed by atoms with van der Waals surface area (Å²) in [6.45, 7) is 3.84. The maximum atomic E-state index is 3.84. The van der Waals surface area contributed by atoms with Crippen LogP contribution in [-0.4, -0.2) is 0 Å². The third kappa shape index (κ3) is 3.05. The Hall–Kier alpha value is -3.12. The molecule has 28 heavy (non-hydrogen) atoms. The molecule has 0 heteroatoms. The molecule has 0 atom stereocenters. The molecule has 0 spiro atoms. The second-order valence-electron chi connectivity index (χ2n) is 7.72. The van der Waals surface area contributed by atoms with Crippen LogP contribution in [0, 0.1) is 0 Å². The number of allylic oxidation sites excluding steroid dienone is 4. The Morgan fingerprint density at radius 1 is 0.679 bits per heavy atom. The summed E-state index contributed by atoms with van der Waals surface area (Å²) >= 11 is 0. The fourth-order valence-corrected chi connectivity index (χ4v) is 4.51. The quantitative estimate of drug-likeness (QED) is 0.446. The van der Waals surface area contributed by atoms with Crippen LogP contribution in [0.15, 0.2) is 85.5 Å². The van der Waals surface area contributed by atoms with Crippen LogP contribution in [0.5, 0.6) is 0 Å². The van der Waals surface area contributed by atoms with Crippen molar-refractivity contribution < 1.29 is 0 Å². The Balaban J connectivity index is 1.32. The van der Waals surface area contributed by atoms with Crippen LogP contribution < -0.4 is 0 Å². The Labute approximate surface area is 167 Å². The first kappa shape index (κ1) is 17.0. The molecule has 0 nitrogen and oxygen atoms in total. The van der Waals surface area contributed by atoms with Gasteiger partial charge in [0, 0.05) is 0 Å². The maximum absolute atomic E-state index is 3.84. The summed E-state index contributed by atoms with van der Waals surface area (Å²) in [5.41, 5.74) is 12.6. The van der Waals surface area contributed by atoms with Gasteiger partial charge in [-0.15, -0.1) is 0 Å². The monoisotopic (exact) mass is 360 g/mol. The molecule has 0 fully saturated rings. The Morgan fingerprint density at radius 3 is 2.07 bits per heavy atom. The molecule has 0 N–H and O–H groups in total. The Bertz CT molecular complexity index is 1110. The summed E-state index contributed by atoms with van der Waals surface area (Å²) in [5.74, 6) is 0. The Morgan fingerprint density at radius 2 is 1.32 bits per heavy atom. The molecule has 3 aromatic carbocycles. The molecule has 136 valence electrons. The average Bonchev–Trinajstić information content (AvgIpc) is 3.36. The maximum Gasteiger partial charge on any atom is -0.00851 e. The van der Waals surface area contributed by atoms with Crippen LogP contribution in [-0.2, 0) is 12.8 Å². The van der Waals surface area contributed by atoms with E-state index >= 15 is 0 Å². The molecule has 0 heterocycles. The lowest BCUT2D eigenvalue weighted by Crippen LogP contribution is -1.89. The third-order valence-corrected chi connectivity index (χ3v) is 6.09. The van der Waals surface area contributed by atoms with Gasteiger partial charge in [0.15, 0.2) is 0 Å². The minimum Gasteiger partial charge on any atom is -0.0985 e. The second kappa shape index (κ2) is 7.13. The van der Waals surface area contributed by atoms with Crippen molar-refractivity contribution in [2.75, 3.05) is 0 Å². The zero-order chi connectivity index (χ0) is 18.9. The van der Waals surface area contributed by atoms with Gasteiger partial charge in [-0.25, -0.2) is 0 Å². The molecule has 0 saturated carbocycles. The highest BCUT2D eigenvalue weighted by Crippen LogP contribution is 2.37. The van der Waals surface area contributed by atoms with Gasteiger partial charge >= 0.3 is 0 Å².